The van der Waals surface area contributed by atoms with Crippen LogP contribution in [0.25, 0.3) is 0 Å². The van der Waals surface area contributed by atoms with Crippen LogP contribution in [0.5, 0.6) is 0 Å². The molecule has 1 aromatic carbocycles. The first-order valence-corrected chi connectivity index (χ1v) is 9.02. The molecule has 1 saturated heterocycles. The summed E-state index contributed by atoms with van der Waals surface area (Å²) in [5, 5.41) is 3.16. The van der Waals surface area contributed by atoms with Gasteiger partial charge in [-0.25, -0.2) is 13.1 Å². The molecule has 0 aromatic heterocycles. The minimum atomic E-state index is -3.47. The Morgan fingerprint density at radius 3 is 2.81 bits per heavy atom. The monoisotopic (exact) mass is 312 g/mol. The van der Waals surface area contributed by atoms with Gasteiger partial charge in [0.25, 0.3) is 0 Å². The van der Waals surface area contributed by atoms with Crippen LogP contribution >= 0.6 is 0 Å². The van der Waals surface area contributed by atoms with Gasteiger partial charge in [-0.15, -0.1) is 0 Å². The number of benzene rings is 1. The summed E-state index contributed by atoms with van der Waals surface area (Å²) in [6, 6.07) is 7.03. The van der Waals surface area contributed by atoms with Crippen LogP contribution in [0.15, 0.2) is 29.2 Å². The highest BCUT2D eigenvalue weighted by molar-refractivity contribution is 7.89. The molecular formula is C15H24N2O3S. The lowest BCUT2D eigenvalue weighted by Gasteiger charge is -2.13. The highest BCUT2D eigenvalue weighted by atomic mass is 32.2. The largest absolute Gasteiger partial charge is 0.384 e. The van der Waals surface area contributed by atoms with Gasteiger partial charge in [0.15, 0.2) is 0 Å². The lowest BCUT2D eigenvalue weighted by molar-refractivity contribution is 0.184. The van der Waals surface area contributed by atoms with E-state index < -0.39 is 10.0 Å². The molecule has 0 amide bonds. The van der Waals surface area contributed by atoms with Crippen molar-refractivity contribution in [3.05, 3.63) is 24.3 Å². The van der Waals surface area contributed by atoms with E-state index in [0.29, 0.717) is 23.0 Å². The molecule has 0 spiro atoms. The minimum absolute atomic E-state index is 0.320. The van der Waals surface area contributed by atoms with E-state index in [0.717, 1.165) is 39.0 Å². The fourth-order valence-electron chi connectivity index (χ4n) is 2.39. The molecule has 21 heavy (non-hydrogen) atoms. The smallest absolute Gasteiger partial charge is 0.242 e. The molecule has 0 radical (unpaired) electrons. The maximum Gasteiger partial charge on any atom is 0.242 e. The van der Waals surface area contributed by atoms with Crippen LogP contribution < -0.4 is 10.0 Å². The summed E-state index contributed by atoms with van der Waals surface area (Å²) in [7, 11) is -3.47. The fraction of sp³-hybridized carbons (Fsp3) is 0.600. The number of rotatable bonds is 8. The second-order valence-corrected chi connectivity index (χ2v) is 7.07. The van der Waals surface area contributed by atoms with E-state index in [-0.39, 0.29) is 0 Å². The second-order valence-electron chi connectivity index (χ2n) is 5.34. The molecule has 1 aliphatic heterocycles. The number of anilines is 1. The third-order valence-corrected chi connectivity index (χ3v) is 5.13. The molecule has 1 heterocycles. The second kappa shape index (κ2) is 7.77. The SMILES string of the molecule is CCCNc1ccccc1S(=O)(=O)NCCC1CCOC1. The quantitative estimate of drug-likeness (QED) is 0.772. The Kier molecular flexibility index (Phi) is 6.02. The van der Waals surface area contributed by atoms with Crippen molar-refractivity contribution in [3.8, 4) is 0 Å². The van der Waals surface area contributed by atoms with Gasteiger partial charge in [-0.1, -0.05) is 19.1 Å². The summed E-state index contributed by atoms with van der Waals surface area (Å²) in [4.78, 5) is 0.320. The Hall–Kier alpha value is -1.11. The first kappa shape index (κ1) is 16.3. The van der Waals surface area contributed by atoms with Crippen molar-refractivity contribution in [3.63, 3.8) is 0 Å². The summed E-state index contributed by atoms with van der Waals surface area (Å²) in [5.41, 5.74) is 0.663. The van der Waals surface area contributed by atoms with Gasteiger partial charge < -0.3 is 10.1 Å². The highest BCUT2D eigenvalue weighted by Crippen LogP contribution is 2.21. The number of nitrogens with one attached hydrogen (secondary N) is 2. The first-order chi connectivity index (χ1) is 10.1. The highest BCUT2D eigenvalue weighted by Gasteiger charge is 2.20. The normalized spacial score (nSPS) is 18.8. The molecule has 2 N–H and O–H groups in total. The van der Waals surface area contributed by atoms with Crippen molar-refractivity contribution >= 4 is 15.7 Å². The van der Waals surface area contributed by atoms with E-state index in [2.05, 4.69) is 10.0 Å². The van der Waals surface area contributed by atoms with Crippen molar-refractivity contribution in [2.75, 3.05) is 31.6 Å². The summed E-state index contributed by atoms with van der Waals surface area (Å²) in [6.07, 6.45) is 2.80. The van der Waals surface area contributed by atoms with Crippen LogP contribution in [0, 0.1) is 5.92 Å². The topological polar surface area (TPSA) is 67.4 Å². The molecule has 6 heteroatoms. The van der Waals surface area contributed by atoms with Gasteiger partial charge in [-0.3, -0.25) is 0 Å². The van der Waals surface area contributed by atoms with E-state index in [1.165, 1.54) is 0 Å². The van der Waals surface area contributed by atoms with E-state index >= 15 is 0 Å². The Labute approximate surface area is 127 Å². The van der Waals surface area contributed by atoms with Crippen LogP contribution in [0.3, 0.4) is 0 Å². The molecule has 2 rings (SSSR count). The summed E-state index contributed by atoms with van der Waals surface area (Å²) in [6.45, 7) is 4.80. The number of sulfonamides is 1. The van der Waals surface area contributed by atoms with E-state index in [9.17, 15) is 8.42 Å². The van der Waals surface area contributed by atoms with E-state index in [4.69, 9.17) is 4.74 Å². The van der Waals surface area contributed by atoms with Gasteiger partial charge in [0.05, 0.1) is 5.69 Å². The predicted octanol–water partition coefficient (Wildman–Crippen LogP) is 2.21. The van der Waals surface area contributed by atoms with Gasteiger partial charge in [0, 0.05) is 26.3 Å². The predicted molar refractivity (Wildman–Crippen MR) is 84.0 cm³/mol. The Balaban J connectivity index is 1.97. The standard InChI is InChI=1S/C15H24N2O3S/c1-2-9-16-14-5-3-4-6-15(14)21(18,19)17-10-7-13-8-11-20-12-13/h3-6,13,16-17H,2,7-12H2,1H3. The van der Waals surface area contributed by atoms with Crippen molar-refractivity contribution in [1.82, 2.24) is 4.72 Å². The lowest BCUT2D eigenvalue weighted by Crippen LogP contribution is -2.27. The molecule has 0 saturated carbocycles. The molecule has 1 aromatic rings. The number of para-hydroxylation sites is 1. The third-order valence-electron chi connectivity index (χ3n) is 3.61. The van der Waals surface area contributed by atoms with Crippen LogP contribution in [0.1, 0.15) is 26.2 Å². The number of hydrogen-bond donors (Lipinski definition) is 2. The van der Waals surface area contributed by atoms with Gasteiger partial charge >= 0.3 is 0 Å². The van der Waals surface area contributed by atoms with Gasteiger partial charge in [0.2, 0.25) is 10.0 Å². The van der Waals surface area contributed by atoms with Gasteiger partial charge in [0.1, 0.15) is 4.90 Å². The molecule has 1 atom stereocenters. The van der Waals surface area contributed by atoms with Crippen molar-refractivity contribution in [1.29, 1.82) is 0 Å². The molecule has 0 bridgehead atoms. The zero-order chi connectivity index (χ0) is 15.1. The fourth-order valence-corrected chi connectivity index (χ4v) is 3.62. The molecule has 1 unspecified atom stereocenters. The number of hydrogen-bond acceptors (Lipinski definition) is 4. The van der Waals surface area contributed by atoms with E-state index in [1.54, 1.807) is 18.2 Å². The maximum absolute atomic E-state index is 12.4. The minimum Gasteiger partial charge on any atom is -0.384 e. The Morgan fingerprint density at radius 2 is 2.10 bits per heavy atom. The van der Waals surface area contributed by atoms with Crippen molar-refractivity contribution < 1.29 is 13.2 Å². The lowest BCUT2D eigenvalue weighted by atomic mass is 10.1. The molecular weight excluding hydrogens is 288 g/mol. The average molecular weight is 312 g/mol. The van der Waals surface area contributed by atoms with Crippen molar-refractivity contribution in [2.24, 2.45) is 5.92 Å². The average Bonchev–Trinajstić information content (AvgIpc) is 2.98. The molecule has 5 nitrogen and oxygen atoms in total. The van der Waals surface area contributed by atoms with Crippen LogP contribution in [0.2, 0.25) is 0 Å². The number of ether oxygens (including phenoxy) is 1. The van der Waals surface area contributed by atoms with Gasteiger partial charge in [-0.05, 0) is 37.3 Å². The molecule has 0 aliphatic carbocycles. The summed E-state index contributed by atoms with van der Waals surface area (Å²) >= 11 is 0. The first-order valence-electron chi connectivity index (χ1n) is 7.54. The van der Waals surface area contributed by atoms with Crippen LogP contribution in [-0.2, 0) is 14.8 Å². The molecule has 1 fully saturated rings. The Morgan fingerprint density at radius 1 is 1.29 bits per heavy atom. The van der Waals surface area contributed by atoms with Crippen LogP contribution in [0.4, 0.5) is 5.69 Å². The van der Waals surface area contributed by atoms with Crippen molar-refractivity contribution in [2.45, 2.75) is 31.1 Å². The molecule has 118 valence electrons. The molecule has 1 aliphatic rings. The zero-order valence-corrected chi connectivity index (χ0v) is 13.3. The van der Waals surface area contributed by atoms with Gasteiger partial charge in [-0.2, -0.15) is 0 Å². The summed E-state index contributed by atoms with van der Waals surface area (Å²) < 4.78 is 32.8. The third kappa shape index (κ3) is 4.69. The Bertz CT molecular complexity index is 540. The zero-order valence-electron chi connectivity index (χ0n) is 12.5. The van der Waals surface area contributed by atoms with E-state index in [1.807, 2.05) is 13.0 Å². The maximum atomic E-state index is 12.4. The van der Waals surface area contributed by atoms with Crippen LogP contribution in [-0.4, -0.2) is 34.7 Å². The summed E-state index contributed by atoms with van der Waals surface area (Å²) in [5.74, 6) is 0.473.